The molecule has 3 heteroatoms. The Morgan fingerprint density at radius 3 is 2.61 bits per heavy atom. The van der Waals surface area contributed by atoms with Crippen LogP contribution in [0, 0.1) is 5.92 Å². The van der Waals surface area contributed by atoms with Gasteiger partial charge >= 0.3 is 0 Å². The van der Waals surface area contributed by atoms with Crippen LogP contribution in [0.2, 0.25) is 0 Å². The second kappa shape index (κ2) is 4.77. The Morgan fingerprint density at radius 1 is 1.00 bits per heavy atom. The monoisotopic (exact) mass is 249 g/mol. The molecule has 0 aromatic carbocycles. The highest BCUT2D eigenvalue weighted by atomic mass is 15.3. The van der Waals surface area contributed by atoms with Gasteiger partial charge in [-0.2, -0.15) is 0 Å². The first-order valence-corrected chi connectivity index (χ1v) is 8.11. The molecule has 0 radical (unpaired) electrons. The van der Waals surface area contributed by atoms with Gasteiger partial charge < -0.3 is 10.2 Å². The molecule has 4 saturated heterocycles. The lowest BCUT2D eigenvalue weighted by Crippen LogP contribution is -2.38. The summed E-state index contributed by atoms with van der Waals surface area (Å²) < 4.78 is 0. The lowest BCUT2D eigenvalue weighted by atomic mass is 9.89. The van der Waals surface area contributed by atoms with Crippen molar-refractivity contribution in [2.45, 2.75) is 56.7 Å². The average Bonchev–Trinajstić information content (AvgIpc) is 3.14. The minimum Gasteiger partial charge on any atom is -0.311 e. The second-order valence-corrected chi connectivity index (χ2v) is 6.99. The van der Waals surface area contributed by atoms with E-state index in [9.17, 15) is 0 Å². The second-order valence-electron chi connectivity index (χ2n) is 6.99. The topological polar surface area (TPSA) is 18.5 Å². The van der Waals surface area contributed by atoms with Crippen LogP contribution in [0.5, 0.6) is 0 Å². The molecule has 0 spiro atoms. The molecule has 4 heterocycles. The predicted molar refractivity (Wildman–Crippen MR) is 73.7 cm³/mol. The highest BCUT2D eigenvalue weighted by molar-refractivity contribution is 4.99. The van der Waals surface area contributed by atoms with Gasteiger partial charge in [0, 0.05) is 31.2 Å². The van der Waals surface area contributed by atoms with E-state index in [1.807, 2.05) is 0 Å². The smallest absolute Gasteiger partial charge is 0.0235 e. The van der Waals surface area contributed by atoms with Crippen LogP contribution in [0.1, 0.15) is 38.5 Å². The van der Waals surface area contributed by atoms with Gasteiger partial charge in [0.05, 0.1) is 0 Å². The maximum atomic E-state index is 3.78. The van der Waals surface area contributed by atoms with Crippen molar-refractivity contribution in [3.05, 3.63) is 0 Å². The zero-order valence-electron chi connectivity index (χ0n) is 11.5. The maximum absolute atomic E-state index is 3.78. The number of nitrogens with zero attached hydrogens (tertiary/aromatic N) is 2. The molecule has 0 aromatic rings. The van der Waals surface area contributed by atoms with E-state index < -0.39 is 0 Å². The van der Waals surface area contributed by atoms with E-state index in [1.54, 1.807) is 0 Å². The quantitative estimate of drug-likeness (QED) is 0.813. The highest BCUT2D eigenvalue weighted by Crippen LogP contribution is 2.34. The third-order valence-corrected chi connectivity index (χ3v) is 5.83. The molecule has 4 aliphatic heterocycles. The number of rotatable bonds is 3. The number of fused-ring (bicyclic) bond motifs is 2. The molecule has 4 fully saturated rings. The summed E-state index contributed by atoms with van der Waals surface area (Å²) in [4.78, 5) is 5.51. The predicted octanol–water partition coefficient (Wildman–Crippen LogP) is 1.30. The van der Waals surface area contributed by atoms with Crippen molar-refractivity contribution >= 4 is 0 Å². The molecule has 0 saturated carbocycles. The van der Waals surface area contributed by atoms with Gasteiger partial charge in [-0.05, 0) is 64.1 Å². The van der Waals surface area contributed by atoms with Crippen LogP contribution >= 0.6 is 0 Å². The van der Waals surface area contributed by atoms with E-state index in [-0.39, 0.29) is 0 Å². The van der Waals surface area contributed by atoms with E-state index in [2.05, 4.69) is 15.1 Å². The molecule has 102 valence electrons. The van der Waals surface area contributed by atoms with Crippen molar-refractivity contribution in [1.82, 2.24) is 15.1 Å². The van der Waals surface area contributed by atoms with Crippen LogP contribution in [0.15, 0.2) is 0 Å². The lowest BCUT2D eigenvalue weighted by molar-refractivity contribution is 0.209. The zero-order chi connectivity index (χ0) is 11.9. The summed E-state index contributed by atoms with van der Waals surface area (Å²) in [6, 6.07) is 2.62. The van der Waals surface area contributed by atoms with Gasteiger partial charge in [-0.1, -0.05) is 0 Å². The summed E-state index contributed by atoms with van der Waals surface area (Å²) in [5.41, 5.74) is 0. The Kier molecular flexibility index (Phi) is 3.10. The first-order chi connectivity index (χ1) is 8.88. The van der Waals surface area contributed by atoms with Crippen molar-refractivity contribution < 1.29 is 0 Å². The molecule has 1 N–H and O–H groups in total. The Bertz CT molecular complexity index is 300. The first kappa shape index (κ1) is 11.7. The summed E-state index contributed by atoms with van der Waals surface area (Å²) in [7, 11) is 0. The number of likely N-dealkylation sites (tertiary alicyclic amines) is 2. The summed E-state index contributed by atoms with van der Waals surface area (Å²) in [6.45, 7) is 6.82. The standard InChI is InChI=1S/C15H27N3/c1-2-7-18(6-1)14-5-8-17(11-14)10-12-9-13-3-4-15(12)16-13/h12-16H,1-11H2. The van der Waals surface area contributed by atoms with E-state index in [1.165, 1.54) is 71.2 Å². The van der Waals surface area contributed by atoms with Crippen molar-refractivity contribution in [3.63, 3.8) is 0 Å². The highest BCUT2D eigenvalue weighted by Gasteiger charge is 2.40. The van der Waals surface area contributed by atoms with Crippen molar-refractivity contribution in [3.8, 4) is 0 Å². The van der Waals surface area contributed by atoms with Gasteiger partial charge in [0.2, 0.25) is 0 Å². The minimum absolute atomic E-state index is 0.862. The summed E-state index contributed by atoms with van der Waals surface area (Å²) >= 11 is 0. The van der Waals surface area contributed by atoms with E-state index in [4.69, 9.17) is 0 Å². The van der Waals surface area contributed by atoms with E-state index in [0.717, 1.165) is 24.0 Å². The minimum atomic E-state index is 0.862. The molecule has 4 rings (SSSR count). The zero-order valence-corrected chi connectivity index (χ0v) is 11.5. The molecule has 4 unspecified atom stereocenters. The van der Waals surface area contributed by atoms with Crippen molar-refractivity contribution in [2.24, 2.45) is 5.92 Å². The van der Waals surface area contributed by atoms with Gasteiger partial charge in [-0.25, -0.2) is 0 Å². The Hall–Kier alpha value is -0.120. The number of nitrogens with one attached hydrogen (secondary N) is 1. The average molecular weight is 249 g/mol. The molecule has 0 aliphatic carbocycles. The fourth-order valence-electron chi connectivity index (χ4n) is 4.85. The Labute approximate surface area is 111 Å². The van der Waals surface area contributed by atoms with Gasteiger partial charge in [-0.15, -0.1) is 0 Å². The third kappa shape index (κ3) is 2.10. The lowest BCUT2D eigenvalue weighted by Gasteiger charge is -2.27. The molecule has 18 heavy (non-hydrogen) atoms. The van der Waals surface area contributed by atoms with Crippen LogP contribution in [0.4, 0.5) is 0 Å². The SMILES string of the molecule is C1CCN(C2CCN(CC3CC4CCC3N4)C2)C1. The molecule has 2 bridgehead atoms. The Morgan fingerprint density at radius 2 is 1.89 bits per heavy atom. The fourth-order valence-corrected chi connectivity index (χ4v) is 4.85. The van der Waals surface area contributed by atoms with E-state index >= 15 is 0 Å². The van der Waals surface area contributed by atoms with Gasteiger partial charge in [0.25, 0.3) is 0 Å². The molecular weight excluding hydrogens is 222 g/mol. The van der Waals surface area contributed by atoms with Crippen LogP contribution < -0.4 is 5.32 Å². The molecular formula is C15H27N3. The van der Waals surface area contributed by atoms with Gasteiger partial charge in [-0.3, -0.25) is 4.90 Å². The van der Waals surface area contributed by atoms with Gasteiger partial charge in [0.1, 0.15) is 0 Å². The van der Waals surface area contributed by atoms with Crippen LogP contribution in [0.3, 0.4) is 0 Å². The third-order valence-electron chi connectivity index (χ3n) is 5.83. The molecule has 4 atom stereocenters. The first-order valence-electron chi connectivity index (χ1n) is 8.11. The van der Waals surface area contributed by atoms with Crippen LogP contribution in [-0.4, -0.2) is 60.6 Å². The molecule has 3 nitrogen and oxygen atoms in total. The Balaban J connectivity index is 1.29. The van der Waals surface area contributed by atoms with Crippen molar-refractivity contribution in [1.29, 1.82) is 0 Å². The van der Waals surface area contributed by atoms with Crippen molar-refractivity contribution in [2.75, 3.05) is 32.7 Å². The molecule has 4 aliphatic rings. The molecule has 0 aromatic heterocycles. The van der Waals surface area contributed by atoms with Crippen LogP contribution in [-0.2, 0) is 0 Å². The summed E-state index contributed by atoms with van der Waals surface area (Å²) in [5.74, 6) is 0.959. The normalized spacial score (nSPS) is 45.3. The molecule has 0 amide bonds. The summed E-state index contributed by atoms with van der Waals surface area (Å²) in [6.07, 6.45) is 8.64. The van der Waals surface area contributed by atoms with E-state index in [0.29, 0.717) is 0 Å². The van der Waals surface area contributed by atoms with Crippen LogP contribution in [0.25, 0.3) is 0 Å². The largest absolute Gasteiger partial charge is 0.311 e. The van der Waals surface area contributed by atoms with Gasteiger partial charge in [0.15, 0.2) is 0 Å². The number of hydrogen-bond acceptors (Lipinski definition) is 3. The number of hydrogen-bond donors (Lipinski definition) is 1. The fraction of sp³-hybridized carbons (Fsp3) is 1.00. The summed E-state index contributed by atoms with van der Waals surface area (Å²) in [5, 5.41) is 3.78. The maximum Gasteiger partial charge on any atom is 0.0235 e.